The summed E-state index contributed by atoms with van der Waals surface area (Å²) < 4.78 is 0. The number of amides is 1. The fourth-order valence-corrected chi connectivity index (χ4v) is 7.07. The Kier molecular flexibility index (Phi) is 7.50. The Morgan fingerprint density at radius 3 is 2.72 bits per heavy atom. The van der Waals surface area contributed by atoms with Crippen molar-refractivity contribution in [3.63, 3.8) is 0 Å². The van der Waals surface area contributed by atoms with Gasteiger partial charge in [-0.2, -0.15) is 0 Å². The number of likely N-dealkylation sites (tertiary alicyclic amines) is 1. The van der Waals surface area contributed by atoms with E-state index in [1.807, 2.05) is 16.3 Å². The number of carboxylic acids is 1. The number of hydrogen-bond donors (Lipinski definition) is 2. The number of halogens is 2. The molecule has 36 heavy (non-hydrogen) atoms. The smallest absolute Gasteiger partial charge is 0.303 e. The molecule has 8 nitrogen and oxygen atoms in total. The number of carboxylic acid groups (broad SMARTS) is 1. The molecule has 0 saturated carbocycles. The maximum atomic E-state index is 13.0. The third-order valence-corrected chi connectivity index (χ3v) is 9.08. The van der Waals surface area contributed by atoms with Gasteiger partial charge in [-0.1, -0.05) is 34.5 Å². The molecule has 2 N–H and O–H groups in total. The van der Waals surface area contributed by atoms with Crippen LogP contribution in [0.15, 0.2) is 23.7 Å². The van der Waals surface area contributed by atoms with Gasteiger partial charge in [0.25, 0.3) is 5.91 Å². The first kappa shape index (κ1) is 25.4. The molecule has 2 saturated heterocycles. The molecule has 0 spiro atoms. The van der Waals surface area contributed by atoms with E-state index in [0.29, 0.717) is 45.7 Å². The topological polar surface area (TPSA) is 98.7 Å². The van der Waals surface area contributed by atoms with Crippen molar-refractivity contribution in [2.75, 3.05) is 29.9 Å². The van der Waals surface area contributed by atoms with Gasteiger partial charge in [0.05, 0.1) is 32.6 Å². The van der Waals surface area contributed by atoms with Crippen molar-refractivity contribution < 1.29 is 14.7 Å². The Morgan fingerprint density at radius 1 is 1.28 bits per heavy atom. The van der Waals surface area contributed by atoms with E-state index in [1.165, 1.54) is 41.7 Å². The van der Waals surface area contributed by atoms with E-state index in [-0.39, 0.29) is 18.2 Å². The van der Waals surface area contributed by atoms with Crippen molar-refractivity contribution >= 4 is 68.7 Å². The lowest BCUT2D eigenvalue weighted by molar-refractivity contribution is -0.138. The number of rotatable bonds is 8. The molecule has 2 aliphatic rings. The zero-order chi connectivity index (χ0) is 25.4. The van der Waals surface area contributed by atoms with Gasteiger partial charge in [-0.3, -0.25) is 19.8 Å². The summed E-state index contributed by atoms with van der Waals surface area (Å²) in [6, 6.07) is 4.01. The second kappa shape index (κ2) is 10.6. The second-order valence-electron chi connectivity index (χ2n) is 9.23. The van der Waals surface area contributed by atoms with Crippen LogP contribution in [0.3, 0.4) is 0 Å². The van der Waals surface area contributed by atoms with E-state index in [4.69, 9.17) is 33.3 Å². The summed E-state index contributed by atoms with van der Waals surface area (Å²) >= 11 is 15.6. The van der Waals surface area contributed by atoms with Gasteiger partial charge in [-0.15, -0.1) is 11.3 Å². The van der Waals surface area contributed by atoms with Crippen LogP contribution in [0.2, 0.25) is 10.0 Å². The van der Waals surface area contributed by atoms with Crippen LogP contribution in [0.4, 0.5) is 10.9 Å². The summed E-state index contributed by atoms with van der Waals surface area (Å²) in [5, 5.41) is 15.3. The average Bonchev–Trinajstić information content (AvgIpc) is 3.51. The third-order valence-electron chi connectivity index (χ3n) is 6.56. The zero-order valence-electron chi connectivity index (χ0n) is 19.5. The van der Waals surface area contributed by atoms with Crippen molar-refractivity contribution in [1.29, 1.82) is 0 Å². The van der Waals surface area contributed by atoms with E-state index in [2.05, 4.69) is 22.1 Å². The Labute approximate surface area is 226 Å². The molecule has 0 aliphatic carbocycles. The number of thiazole rings is 1. The van der Waals surface area contributed by atoms with E-state index in [1.54, 1.807) is 6.07 Å². The third kappa shape index (κ3) is 5.52. The van der Waals surface area contributed by atoms with Crippen molar-refractivity contribution in [1.82, 2.24) is 14.9 Å². The van der Waals surface area contributed by atoms with Crippen molar-refractivity contribution in [3.05, 3.63) is 44.2 Å². The molecule has 1 atom stereocenters. The second-order valence-corrected chi connectivity index (χ2v) is 12.1. The molecule has 190 valence electrons. The van der Waals surface area contributed by atoms with E-state index in [0.717, 1.165) is 28.5 Å². The number of hydrogen-bond acceptors (Lipinski definition) is 8. The monoisotopic (exact) mass is 565 g/mol. The first-order chi connectivity index (χ1) is 17.3. The van der Waals surface area contributed by atoms with E-state index >= 15 is 0 Å². The van der Waals surface area contributed by atoms with Gasteiger partial charge in [-0.05, 0) is 38.4 Å². The average molecular weight is 567 g/mol. The summed E-state index contributed by atoms with van der Waals surface area (Å²) in [4.78, 5) is 39.4. The number of carbonyl (C=O) groups is 2. The molecule has 3 aromatic heterocycles. The molecule has 3 aromatic rings. The van der Waals surface area contributed by atoms with Gasteiger partial charge in [0, 0.05) is 48.0 Å². The van der Waals surface area contributed by atoms with Crippen LogP contribution in [0.5, 0.6) is 0 Å². The molecule has 0 radical (unpaired) electrons. The molecule has 0 unspecified atom stereocenters. The van der Waals surface area contributed by atoms with Crippen LogP contribution in [-0.4, -0.2) is 57.5 Å². The summed E-state index contributed by atoms with van der Waals surface area (Å²) in [6.07, 6.45) is 3.98. The molecule has 5 heterocycles. The summed E-state index contributed by atoms with van der Waals surface area (Å²) in [5.41, 5.74) is 1.18. The SMILES string of the molecule is C[C@@H]1CCCN1Cc1sc(NC(=O)c2cnc(N3CC(CC(=O)O)C3)c(Cl)c2)nc1-c1cc(Cl)cs1. The highest BCUT2D eigenvalue weighted by Gasteiger charge is 2.31. The first-order valence-corrected chi connectivity index (χ1v) is 14.1. The largest absolute Gasteiger partial charge is 0.481 e. The van der Waals surface area contributed by atoms with Gasteiger partial charge < -0.3 is 10.0 Å². The van der Waals surface area contributed by atoms with Crippen LogP contribution in [0.1, 0.15) is 41.4 Å². The number of aliphatic carboxylic acids is 1. The van der Waals surface area contributed by atoms with Gasteiger partial charge in [-0.25, -0.2) is 9.97 Å². The maximum Gasteiger partial charge on any atom is 0.303 e. The lowest BCUT2D eigenvalue weighted by Crippen LogP contribution is -2.48. The first-order valence-electron chi connectivity index (χ1n) is 11.7. The van der Waals surface area contributed by atoms with Gasteiger partial charge >= 0.3 is 5.97 Å². The standard InChI is InChI=1S/C24H25Cl2N5O3S2/c1-13-3-2-4-30(13)11-19-21(18-7-16(25)12-35-18)28-24(36-19)29-23(34)15-6-17(26)22(27-8-15)31-9-14(10-31)5-20(32)33/h6-8,12-14H,2-5,9-11H2,1H3,(H,32,33)(H,28,29,34)/t13-/m1/s1. The Hall–Kier alpha value is -2.24. The number of nitrogens with zero attached hydrogens (tertiary/aromatic N) is 4. The molecular weight excluding hydrogens is 541 g/mol. The van der Waals surface area contributed by atoms with Crippen LogP contribution >= 0.6 is 45.9 Å². The fourth-order valence-electron chi connectivity index (χ4n) is 4.63. The Balaban J connectivity index is 1.31. The molecule has 2 aliphatic heterocycles. The van der Waals surface area contributed by atoms with Gasteiger partial charge in [0.2, 0.25) is 0 Å². The number of aromatic nitrogens is 2. The summed E-state index contributed by atoms with van der Waals surface area (Å²) in [6.45, 7) is 5.23. The van der Waals surface area contributed by atoms with Gasteiger partial charge in [0.15, 0.2) is 5.13 Å². The number of carbonyl (C=O) groups excluding carboxylic acids is 1. The predicted octanol–water partition coefficient (Wildman–Crippen LogP) is 5.72. The highest BCUT2D eigenvalue weighted by Crippen LogP contribution is 2.38. The Bertz CT molecular complexity index is 1290. The fraction of sp³-hybridized carbons (Fsp3) is 0.417. The quantitative estimate of drug-likeness (QED) is 0.360. The van der Waals surface area contributed by atoms with E-state index < -0.39 is 5.97 Å². The lowest BCUT2D eigenvalue weighted by atomic mass is 9.96. The maximum absolute atomic E-state index is 13.0. The molecule has 5 rings (SSSR count). The van der Waals surface area contributed by atoms with Crippen LogP contribution in [0.25, 0.3) is 10.6 Å². The molecule has 0 bridgehead atoms. The van der Waals surface area contributed by atoms with Gasteiger partial charge in [0.1, 0.15) is 5.82 Å². The number of anilines is 2. The molecule has 2 fully saturated rings. The summed E-state index contributed by atoms with van der Waals surface area (Å²) in [7, 11) is 0. The summed E-state index contributed by atoms with van der Waals surface area (Å²) in [5.74, 6) is -0.508. The number of nitrogens with one attached hydrogen (secondary N) is 1. The van der Waals surface area contributed by atoms with Crippen molar-refractivity contribution in [2.24, 2.45) is 5.92 Å². The Morgan fingerprint density at radius 2 is 2.08 bits per heavy atom. The highest BCUT2D eigenvalue weighted by molar-refractivity contribution is 7.17. The van der Waals surface area contributed by atoms with Crippen LogP contribution in [-0.2, 0) is 11.3 Å². The normalized spacial score (nSPS) is 18.4. The number of pyridine rings is 1. The predicted molar refractivity (Wildman–Crippen MR) is 145 cm³/mol. The molecular formula is C24H25Cl2N5O3S2. The molecule has 0 aromatic carbocycles. The highest BCUT2D eigenvalue weighted by atomic mass is 35.5. The van der Waals surface area contributed by atoms with Crippen molar-refractivity contribution in [2.45, 2.75) is 38.8 Å². The minimum absolute atomic E-state index is 0.0819. The van der Waals surface area contributed by atoms with Crippen molar-refractivity contribution in [3.8, 4) is 10.6 Å². The zero-order valence-corrected chi connectivity index (χ0v) is 22.7. The molecule has 12 heteroatoms. The minimum atomic E-state index is -0.809. The minimum Gasteiger partial charge on any atom is -0.481 e. The number of thiophene rings is 1. The van der Waals surface area contributed by atoms with E-state index in [9.17, 15) is 9.59 Å². The van der Waals surface area contributed by atoms with Crippen LogP contribution in [0, 0.1) is 5.92 Å². The van der Waals surface area contributed by atoms with Crippen LogP contribution < -0.4 is 10.2 Å². The molecule has 1 amide bonds. The lowest BCUT2D eigenvalue weighted by Gasteiger charge is -2.39.